The number of hydrogen-bond donors (Lipinski definition) is 2. The summed E-state index contributed by atoms with van der Waals surface area (Å²) in [4.78, 5) is 19.2. The minimum absolute atomic E-state index is 0.108. The number of thioether (sulfide) groups is 1. The molecule has 0 unspecified atom stereocenters. The molecule has 0 atom stereocenters. The van der Waals surface area contributed by atoms with E-state index in [0.29, 0.717) is 11.4 Å². The number of benzene rings is 2. The van der Waals surface area contributed by atoms with Crippen molar-refractivity contribution in [2.24, 2.45) is 0 Å². The van der Waals surface area contributed by atoms with Crippen LogP contribution in [0.15, 0.2) is 53.7 Å². The van der Waals surface area contributed by atoms with Gasteiger partial charge in [-0.1, -0.05) is 23.9 Å². The van der Waals surface area contributed by atoms with Gasteiger partial charge in [-0.05, 0) is 42.7 Å². The van der Waals surface area contributed by atoms with Gasteiger partial charge in [-0.25, -0.2) is 8.78 Å². The summed E-state index contributed by atoms with van der Waals surface area (Å²) in [6.07, 6.45) is 1.71. The summed E-state index contributed by atoms with van der Waals surface area (Å²) in [6, 6.07) is 10.9. The summed E-state index contributed by atoms with van der Waals surface area (Å²) in [5, 5.41) is 17.4. The zero-order chi connectivity index (χ0) is 19.4. The van der Waals surface area contributed by atoms with E-state index in [1.807, 2.05) is 0 Å². The molecule has 10 heteroatoms. The van der Waals surface area contributed by atoms with Crippen molar-refractivity contribution in [2.75, 3.05) is 16.9 Å². The monoisotopic (exact) mass is 389 g/mol. The summed E-state index contributed by atoms with van der Waals surface area (Å²) in [6.45, 7) is 0. The molecule has 0 aliphatic heterocycles. The van der Waals surface area contributed by atoms with Crippen LogP contribution in [0.4, 0.5) is 37.5 Å². The molecule has 0 amide bonds. The highest BCUT2D eigenvalue weighted by molar-refractivity contribution is 7.98. The van der Waals surface area contributed by atoms with Crippen molar-refractivity contribution >= 4 is 40.5 Å². The predicted molar refractivity (Wildman–Crippen MR) is 99.8 cm³/mol. The minimum atomic E-state index is -0.659. The van der Waals surface area contributed by atoms with Crippen LogP contribution in [0.25, 0.3) is 0 Å². The maximum Gasteiger partial charge on any atom is 0.354 e. The number of nitrogens with zero attached hydrogens (tertiary/aromatic N) is 3. The standard InChI is InChI=1S/C17H13F2N5O2S/c1-27-17-22-15(20-12-6-2-4-10(18)8-12)14(24(25)26)16(23-17)21-13-7-3-5-11(19)9-13/h2-9H,1H3,(H2,20,21,22,23). The molecular formula is C17H13F2N5O2S. The Morgan fingerprint density at radius 1 is 0.963 bits per heavy atom. The molecule has 2 aromatic carbocycles. The maximum atomic E-state index is 13.4. The zero-order valence-electron chi connectivity index (χ0n) is 13.9. The molecule has 3 aromatic rings. The maximum absolute atomic E-state index is 13.4. The molecule has 1 heterocycles. The molecule has 0 aliphatic rings. The molecule has 1 aromatic heterocycles. The van der Waals surface area contributed by atoms with Gasteiger partial charge in [-0.15, -0.1) is 0 Å². The quantitative estimate of drug-likeness (QED) is 0.269. The van der Waals surface area contributed by atoms with Crippen LogP contribution in [0, 0.1) is 21.7 Å². The first kappa shape index (κ1) is 18.5. The highest BCUT2D eigenvalue weighted by atomic mass is 32.2. The fourth-order valence-electron chi connectivity index (χ4n) is 2.28. The summed E-state index contributed by atoms with van der Waals surface area (Å²) in [7, 11) is 0. The fourth-order valence-corrected chi connectivity index (χ4v) is 2.64. The Labute approximate surface area is 157 Å². The SMILES string of the molecule is CSc1nc(Nc2cccc(F)c2)c([N+](=O)[O-])c(Nc2cccc(F)c2)n1. The van der Waals surface area contributed by atoms with Gasteiger partial charge in [0, 0.05) is 11.4 Å². The normalized spacial score (nSPS) is 10.5. The van der Waals surface area contributed by atoms with E-state index < -0.39 is 22.2 Å². The second-order valence-corrected chi connectivity index (χ2v) is 6.06. The second-order valence-electron chi connectivity index (χ2n) is 5.28. The third kappa shape index (κ3) is 4.47. The molecule has 0 saturated carbocycles. The Morgan fingerprint density at radius 2 is 1.44 bits per heavy atom. The highest BCUT2D eigenvalue weighted by Crippen LogP contribution is 2.35. The number of halogens is 2. The Hall–Kier alpha value is -3.27. The van der Waals surface area contributed by atoms with Gasteiger partial charge in [0.1, 0.15) is 11.6 Å². The smallest absolute Gasteiger partial charge is 0.334 e. The number of hydrogen-bond acceptors (Lipinski definition) is 7. The molecule has 2 N–H and O–H groups in total. The van der Waals surface area contributed by atoms with Crippen molar-refractivity contribution in [3.63, 3.8) is 0 Å². The summed E-state index contributed by atoms with van der Waals surface area (Å²) in [5.74, 6) is -1.22. The van der Waals surface area contributed by atoms with E-state index in [9.17, 15) is 18.9 Å². The minimum Gasteiger partial charge on any atom is -0.334 e. The molecular weight excluding hydrogens is 376 g/mol. The van der Waals surface area contributed by atoms with E-state index in [1.165, 1.54) is 48.2 Å². The Balaban J connectivity index is 2.07. The van der Waals surface area contributed by atoms with Crippen LogP contribution in [0.2, 0.25) is 0 Å². The van der Waals surface area contributed by atoms with E-state index in [-0.39, 0.29) is 16.8 Å². The first-order valence-electron chi connectivity index (χ1n) is 7.62. The third-order valence-corrected chi connectivity index (χ3v) is 3.95. The van der Waals surface area contributed by atoms with Gasteiger partial charge >= 0.3 is 5.69 Å². The van der Waals surface area contributed by atoms with E-state index >= 15 is 0 Å². The van der Waals surface area contributed by atoms with Crippen LogP contribution in [0.1, 0.15) is 0 Å². The van der Waals surface area contributed by atoms with Crippen LogP contribution in [-0.2, 0) is 0 Å². The van der Waals surface area contributed by atoms with Crippen LogP contribution < -0.4 is 10.6 Å². The average molecular weight is 389 g/mol. The lowest BCUT2D eigenvalue weighted by Crippen LogP contribution is -2.07. The lowest BCUT2D eigenvalue weighted by atomic mass is 10.3. The highest BCUT2D eigenvalue weighted by Gasteiger charge is 2.25. The van der Waals surface area contributed by atoms with Crippen molar-refractivity contribution in [1.29, 1.82) is 0 Å². The van der Waals surface area contributed by atoms with Crippen LogP contribution in [-0.4, -0.2) is 21.1 Å². The topological polar surface area (TPSA) is 93.0 Å². The van der Waals surface area contributed by atoms with E-state index in [4.69, 9.17) is 0 Å². The van der Waals surface area contributed by atoms with Crippen molar-refractivity contribution < 1.29 is 13.7 Å². The first-order chi connectivity index (χ1) is 13.0. The molecule has 27 heavy (non-hydrogen) atoms. The third-order valence-electron chi connectivity index (χ3n) is 3.40. The average Bonchev–Trinajstić information content (AvgIpc) is 2.61. The lowest BCUT2D eigenvalue weighted by molar-refractivity contribution is -0.383. The van der Waals surface area contributed by atoms with Gasteiger partial charge < -0.3 is 10.6 Å². The van der Waals surface area contributed by atoms with Gasteiger partial charge in [0.15, 0.2) is 5.16 Å². The lowest BCUT2D eigenvalue weighted by Gasteiger charge is -2.12. The number of rotatable bonds is 6. The number of nitrogens with one attached hydrogen (secondary N) is 2. The molecule has 0 fully saturated rings. The van der Waals surface area contributed by atoms with Gasteiger partial charge in [0.05, 0.1) is 4.92 Å². The van der Waals surface area contributed by atoms with E-state index in [1.54, 1.807) is 18.4 Å². The summed E-state index contributed by atoms with van der Waals surface area (Å²) in [5.41, 5.74) is 0.141. The summed E-state index contributed by atoms with van der Waals surface area (Å²) < 4.78 is 26.8. The molecule has 0 bridgehead atoms. The van der Waals surface area contributed by atoms with E-state index in [0.717, 1.165) is 0 Å². The number of anilines is 4. The van der Waals surface area contributed by atoms with Gasteiger partial charge in [0.2, 0.25) is 11.6 Å². The van der Waals surface area contributed by atoms with Crippen molar-refractivity contribution in [1.82, 2.24) is 9.97 Å². The largest absolute Gasteiger partial charge is 0.354 e. The van der Waals surface area contributed by atoms with Gasteiger partial charge in [-0.3, -0.25) is 10.1 Å². The second kappa shape index (κ2) is 7.96. The molecule has 7 nitrogen and oxygen atoms in total. The fraction of sp³-hybridized carbons (Fsp3) is 0.0588. The predicted octanol–water partition coefficient (Wildman–Crippen LogP) is 4.87. The van der Waals surface area contributed by atoms with Crippen molar-refractivity contribution in [2.45, 2.75) is 5.16 Å². The van der Waals surface area contributed by atoms with Crippen LogP contribution in [0.5, 0.6) is 0 Å². The van der Waals surface area contributed by atoms with Crippen molar-refractivity contribution in [3.8, 4) is 0 Å². The Kier molecular flexibility index (Phi) is 5.46. The van der Waals surface area contributed by atoms with Crippen molar-refractivity contribution in [3.05, 3.63) is 70.3 Å². The number of aromatic nitrogens is 2. The Morgan fingerprint density at radius 3 is 1.81 bits per heavy atom. The molecule has 0 aliphatic carbocycles. The van der Waals surface area contributed by atoms with E-state index in [2.05, 4.69) is 20.6 Å². The van der Waals surface area contributed by atoms with Crippen LogP contribution in [0.3, 0.4) is 0 Å². The molecule has 0 radical (unpaired) electrons. The number of nitro groups is 1. The molecule has 138 valence electrons. The molecule has 0 saturated heterocycles. The summed E-state index contributed by atoms with van der Waals surface area (Å²) >= 11 is 1.17. The van der Waals surface area contributed by atoms with Gasteiger partial charge in [-0.2, -0.15) is 9.97 Å². The zero-order valence-corrected chi connectivity index (χ0v) is 14.8. The van der Waals surface area contributed by atoms with Crippen LogP contribution >= 0.6 is 11.8 Å². The van der Waals surface area contributed by atoms with Gasteiger partial charge in [0.25, 0.3) is 0 Å². The Bertz CT molecular complexity index is 934. The molecule has 3 rings (SSSR count). The molecule has 0 spiro atoms. The first-order valence-corrected chi connectivity index (χ1v) is 8.84.